The highest BCUT2D eigenvalue weighted by molar-refractivity contribution is 9.10. The van der Waals surface area contributed by atoms with Crippen molar-refractivity contribution in [1.29, 1.82) is 0 Å². The molecule has 0 amide bonds. The van der Waals surface area contributed by atoms with E-state index in [0.29, 0.717) is 30.1 Å². The van der Waals surface area contributed by atoms with Crippen LogP contribution in [0.25, 0.3) is 11.0 Å². The number of hydrogen-bond donors (Lipinski definition) is 0. The fraction of sp³-hybridized carbons (Fsp3) is 0.357. The molecule has 1 aromatic carbocycles. The summed E-state index contributed by atoms with van der Waals surface area (Å²) in [5, 5.41) is 0.615. The van der Waals surface area contributed by atoms with Gasteiger partial charge in [-0.3, -0.25) is 4.79 Å². The molecule has 0 unspecified atom stereocenters. The average molecular weight is 324 g/mol. The van der Waals surface area contributed by atoms with E-state index < -0.39 is 0 Å². The van der Waals surface area contributed by atoms with Crippen molar-refractivity contribution in [3.05, 3.63) is 38.5 Å². The number of nitrogens with zero attached hydrogens (tertiary/aromatic N) is 1. The lowest BCUT2D eigenvalue weighted by atomic mass is 10.1. The molecule has 0 bridgehead atoms. The number of halogens is 1. The molecule has 1 aliphatic heterocycles. The molecule has 2 heterocycles. The van der Waals surface area contributed by atoms with Gasteiger partial charge in [0.2, 0.25) is 0 Å². The highest BCUT2D eigenvalue weighted by atomic mass is 79.9. The molecule has 0 radical (unpaired) electrons. The van der Waals surface area contributed by atoms with E-state index in [1.165, 1.54) is 0 Å². The summed E-state index contributed by atoms with van der Waals surface area (Å²) >= 11 is 3.46. The summed E-state index contributed by atoms with van der Waals surface area (Å²) in [6.45, 7) is 4.78. The lowest BCUT2D eigenvalue weighted by Crippen LogP contribution is -2.36. The molecule has 3 rings (SSSR count). The number of hydrogen-bond acceptors (Lipinski definition) is 4. The molecule has 4 nitrogen and oxygen atoms in total. The van der Waals surface area contributed by atoms with Crippen molar-refractivity contribution in [2.75, 3.05) is 31.2 Å². The monoisotopic (exact) mass is 323 g/mol. The second-order valence-corrected chi connectivity index (χ2v) is 5.53. The normalized spacial score (nSPS) is 16.0. The van der Waals surface area contributed by atoms with Gasteiger partial charge in [0.15, 0.2) is 16.9 Å². The van der Waals surface area contributed by atoms with Gasteiger partial charge >= 0.3 is 0 Å². The maximum absolute atomic E-state index is 12.2. The zero-order valence-electron chi connectivity index (χ0n) is 10.6. The van der Waals surface area contributed by atoms with Gasteiger partial charge < -0.3 is 14.1 Å². The lowest BCUT2D eigenvalue weighted by molar-refractivity contribution is 0.121. The van der Waals surface area contributed by atoms with Crippen molar-refractivity contribution < 1.29 is 9.15 Å². The molecule has 1 saturated heterocycles. The maximum atomic E-state index is 12.2. The smallest absolute Gasteiger partial charge is 0.200 e. The molecule has 0 N–H and O–H groups in total. The van der Waals surface area contributed by atoms with Crippen molar-refractivity contribution in [2.24, 2.45) is 0 Å². The van der Waals surface area contributed by atoms with Crippen LogP contribution in [0.4, 0.5) is 5.88 Å². The van der Waals surface area contributed by atoms with Crippen molar-refractivity contribution in [3.63, 3.8) is 0 Å². The molecule has 1 aliphatic rings. The van der Waals surface area contributed by atoms with Crippen LogP contribution < -0.4 is 10.3 Å². The molecule has 0 atom stereocenters. The largest absolute Gasteiger partial charge is 0.439 e. The maximum Gasteiger partial charge on any atom is 0.200 e. The Balaban J connectivity index is 2.15. The SMILES string of the molecule is Cc1cc(Br)c2oc(N3CCOCC3)cc(=O)c2c1. The first-order chi connectivity index (χ1) is 9.15. The molecule has 2 aromatic rings. The molecule has 0 saturated carbocycles. The summed E-state index contributed by atoms with van der Waals surface area (Å²) in [6.07, 6.45) is 0. The van der Waals surface area contributed by atoms with Gasteiger partial charge in [-0.05, 0) is 40.5 Å². The van der Waals surface area contributed by atoms with E-state index in [9.17, 15) is 4.79 Å². The Bertz CT molecular complexity index is 674. The minimum atomic E-state index is -0.00728. The quantitative estimate of drug-likeness (QED) is 0.809. The molecular weight excluding hydrogens is 310 g/mol. The van der Waals surface area contributed by atoms with Crippen LogP contribution in [0, 0.1) is 6.92 Å². The number of fused-ring (bicyclic) bond motifs is 1. The molecular formula is C14H14BrNO3. The molecule has 100 valence electrons. The number of rotatable bonds is 1. The van der Waals surface area contributed by atoms with E-state index in [0.717, 1.165) is 23.1 Å². The van der Waals surface area contributed by atoms with Crippen LogP contribution in [-0.4, -0.2) is 26.3 Å². The molecule has 1 fully saturated rings. The summed E-state index contributed by atoms with van der Waals surface area (Å²) in [7, 11) is 0. The van der Waals surface area contributed by atoms with Crippen molar-refractivity contribution in [2.45, 2.75) is 6.92 Å². The van der Waals surface area contributed by atoms with Gasteiger partial charge in [-0.1, -0.05) is 0 Å². The molecule has 5 heteroatoms. The number of morpholine rings is 1. The van der Waals surface area contributed by atoms with E-state index in [2.05, 4.69) is 15.9 Å². The van der Waals surface area contributed by atoms with Crippen molar-refractivity contribution in [1.82, 2.24) is 0 Å². The fourth-order valence-electron chi connectivity index (χ4n) is 2.28. The van der Waals surface area contributed by atoms with Gasteiger partial charge in [-0.2, -0.15) is 0 Å². The zero-order chi connectivity index (χ0) is 13.4. The van der Waals surface area contributed by atoms with Gasteiger partial charge in [0, 0.05) is 19.2 Å². The molecule has 0 aliphatic carbocycles. The first kappa shape index (κ1) is 12.7. The second kappa shape index (κ2) is 4.98. The summed E-state index contributed by atoms with van der Waals surface area (Å²) in [5.74, 6) is 0.616. The fourth-order valence-corrected chi connectivity index (χ4v) is 2.93. The first-order valence-corrected chi connectivity index (χ1v) is 7.01. The molecule has 0 spiro atoms. The van der Waals surface area contributed by atoms with Gasteiger partial charge in [0.1, 0.15) is 0 Å². The van der Waals surface area contributed by atoms with Crippen LogP contribution in [0.1, 0.15) is 5.56 Å². The Morgan fingerprint density at radius 1 is 1.21 bits per heavy atom. The van der Waals surface area contributed by atoms with Gasteiger partial charge in [0.25, 0.3) is 0 Å². The lowest BCUT2D eigenvalue weighted by Gasteiger charge is -2.27. The van der Waals surface area contributed by atoms with Crippen LogP contribution in [0.3, 0.4) is 0 Å². The Morgan fingerprint density at radius 3 is 2.68 bits per heavy atom. The van der Waals surface area contributed by atoms with Crippen LogP contribution in [-0.2, 0) is 4.74 Å². The number of ether oxygens (including phenoxy) is 1. The zero-order valence-corrected chi connectivity index (χ0v) is 12.2. The summed E-state index contributed by atoms with van der Waals surface area (Å²) in [5.41, 5.74) is 1.64. The highest BCUT2D eigenvalue weighted by Gasteiger charge is 2.16. The number of benzene rings is 1. The van der Waals surface area contributed by atoms with Crippen molar-refractivity contribution in [3.8, 4) is 0 Å². The second-order valence-electron chi connectivity index (χ2n) is 4.67. The van der Waals surface area contributed by atoms with E-state index in [-0.39, 0.29) is 5.43 Å². The molecule has 19 heavy (non-hydrogen) atoms. The van der Waals surface area contributed by atoms with E-state index in [1.807, 2.05) is 24.0 Å². The predicted molar refractivity (Wildman–Crippen MR) is 78.0 cm³/mol. The first-order valence-electron chi connectivity index (χ1n) is 6.22. The predicted octanol–water partition coefficient (Wildman–Crippen LogP) is 2.70. The Hall–Kier alpha value is -1.33. The highest BCUT2D eigenvalue weighted by Crippen LogP contribution is 2.27. The summed E-state index contributed by atoms with van der Waals surface area (Å²) in [6, 6.07) is 5.38. The van der Waals surface area contributed by atoms with Gasteiger partial charge in [-0.15, -0.1) is 0 Å². The van der Waals surface area contributed by atoms with Crippen LogP contribution in [0.2, 0.25) is 0 Å². The van der Waals surface area contributed by atoms with E-state index >= 15 is 0 Å². The Morgan fingerprint density at radius 2 is 1.95 bits per heavy atom. The topological polar surface area (TPSA) is 42.7 Å². The van der Waals surface area contributed by atoms with E-state index in [4.69, 9.17) is 9.15 Å². The third kappa shape index (κ3) is 2.40. The van der Waals surface area contributed by atoms with Crippen LogP contribution in [0.5, 0.6) is 0 Å². The number of aryl methyl sites for hydroxylation is 1. The standard InChI is InChI=1S/C14H14BrNO3/c1-9-6-10-12(17)8-13(16-2-4-18-5-3-16)19-14(10)11(15)7-9/h6-8H,2-5H2,1H3. The molecule has 1 aromatic heterocycles. The minimum absolute atomic E-state index is 0.00728. The third-order valence-corrected chi connectivity index (χ3v) is 3.83. The summed E-state index contributed by atoms with van der Waals surface area (Å²) in [4.78, 5) is 14.2. The van der Waals surface area contributed by atoms with E-state index in [1.54, 1.807) is 6.07 Å². The Labute approximate surface area is 119 Å². The summed E-state index contributed by atoms with van der Waals surface area (Å²) < 4.78 is 12.0. The Kier molecular flexibility index (Phi) is 3.33. The van der Waals surface area contributed by atoms with Gasteiger partial charge in [-0.25, -0.2) is 0 Å². The van der Waals surface area contributed by atoms with Crippen LogP contribution >= 0.6 is 15.9 Å². The average Bonchev–Trinajstić information content (AvgIpc) is 2.41. The number of anilines is 1. The van der Waals surface area contributed by atoms with Crippen LogP contribution in [0.15, 0.2) is 31.9 Å². The third-order valence-electron chi connectivity index (χ3n) is 3.24. The minimum Gasteiger partial charge on any atom is -0.439 e. The van der Waals surface area contributed by atoms with Crippen molar-refractivity contribution >= 4 is 32.8 Å². The van der Waals surface area contributed by atoms with Gasteiger partial charge in [0.05, 0.1) is 23.1 Å².